The van der Waals surface area contributed by atoms with Crippen LogP contribution in [0.25, 0.3) is 0 Å². The maximum absolute atomic E-state index is 10.4. The molecule has 0 heterocycles. The Morgan fingerprint density at radius 3 is 1.60 bits per heavy atom. The van der Waals surface area contributed by atoms with Gasteiger partial charge in [0.25, 0.3) is 0 Å². The molecule has 2 aromatic carbocycles. The molecular formula is C18H21OP. The molecule has 0 aliphatic heterocycles. The molecule has 0 aliphatic carbocycles. The summed E-state index contributed by atoms with van der Waals surface area (Å²) in [4.78, 5) is 0. The standard InChI is InChI=1S/C18H21OP/c1-18(2,3)17(19)14-20(15-10-6-4-7-11-15)16-12-8-5-9-13-16/h4-14,19H,1-3H3. The minimum atomic E-state index is -0.667. The lowest BCUT2D eigenvalue weighted by atomic mass is 9.95. The van der Waals surface area contributed by atoms with E-state index in [2.05, 4.69) is 48.5 Å². The zero-order valence-corrected chi connectivity index (χ0v) is 13.1. The summed E-state index contributed by atoms with van der Waals surface area (Å²) >= 11 is 0. The van der Waals surface area contributed by atoms with Crippen molar-refractivity contribution in [1.29, 1.82) is 0 Å². The average molecular weight is 284 g/mol. The highest BCUT2D eigenvalue weighted by atomic mass is 31.1. The first-order valence-corrected chi connectivity index (χ1v) is 8.20. The van der Waals surface area contributed by atoms with Crippen LogP contribution < -0.4 is 10.6 Å². The predicted molar refractivity (Wildman–Crippen MR) is 89.2 cm³/mol. The first-order valence-electron chi connectivity index (χ1n) is 6.79. The van der Waals surface area contributed by atoms with Crippen molar-refractivity contribution >= 4 is 18.5 Å². The molecular weight excluding hydrogens is 263 g/mol. The molecule has 0 radical (unpaired) electrons. The Hall–Kier alpha value is -1.59. The normalized spacial score (nSPS) is 12.7. The molecule has 0 atom stereocenters. The van der Waals surface area contributed by atoms with Crippen molar-refractivity contribution in [2.75, 3.05) is 0 Å². The van der Waals surface area contributed by atoms with E-state index in [9.17, 15) is 5.11 Å². The van der Waals surface area contributed by atoms with Crippen LogP contribution >= 0.6 is 7.92 Å². The maximum atomic E-state index is 10.4. The lowest BCUT2D eigenvalue weighted by molar-refractivity contribution is 0.279. The molecule has 0 saturated carbocycles. The minimum absolute atomic E-state index is 0.218. The Labute approximate surface area is 122 Å². The van der Waals surface area contributed by atoms with Crippen LogP contribution in [0.5, 0.6) is 0 Å². The highest BCUT2D eigenvalue weighted by molar-refractivity contribution is 7.75. The van der Waals surface area contributed by atoms with Gasteiger partial charge in [0.2, 0.25) is 0 Å². The van der Waals surface area contributed by atoms with E-state index in [1.807, 2.05) is 38.7 Å². The Kier molecular flexibility index (Phi) is 4.62. The van der Waals surface area contributed by atoms with Gasteiger partial charge < -0.3 is 5.11 Å². The van der Waals surface area contributed by atoms with Crippen molar-refractivity contribution in [3.63, 3.8) is 0 Å². The van der Waals surface area contributed by atoms with Gasteiger partial charge in [-0.1, -0.05) is 81.4 Å². The van der Waals surface area contributed by atoms with Crippen LogP contribution in [0.3, 0.4) is 0 Å². The van der Waals surface area contributed by atoms with Gasteiger partial charge >= 0.3 is 0 Å². The summed E-state index contributed by atoms with van der Waals surface area (Å²) < 4.78 is 0. The van der Waals surface area contributed by atoms with E-state index in [1.165, 1.54) is 10.6 Å². The van der Waals surface area contributed by atoms with E-state index in [0.717, 1.165) is 0 Å². The molecule has 0 spiro atoms. The summed E-state index contributed by atoms with van der Waals surface area (Å²) in [6.07, 6.45) is 0. The van der Waals surface area contributed by atoms with Crippen molar-refractivity contribution in [2.45, 2.75) is 20.8 Å². The number of rotatable bonds is 3. The van der Waals surface area contributed by atoms with Crippen LogP contribution in [0, 0.1) is 5.41 Å². The van der Waals surface area contributed by atoms with Gasteiger partial charge in [0.05, 0.1) is 5.76 Å². The molecule has 0 aliphatic rings. The third kappa shape index (κ3) is 3.71. The van der Waals surface area contributed by atoms with Gasteiger partial charge in [0, 0.05) is 5.41 Å². The summed E-state index contributed by atoms with van der Waals surface area (Å²) in [7, 11) is -0.667. The Balaban J connectivity index is 2.46. The average Bonchev–Trinajstić information content (AvgIpc) is 2.45. The van der Waals surface area contributed by atoms with E-state index >= 15 is 0 Å². The number of aliphatic hydroxyl groups is 1. The molecule has 2 rings (SSSR count). The molecule has 0 saturated heterocycles. The third-order valence-electron chi connectivity index (χ3n) is 3.09. The minimum Gasteiger partial charge on any atom is -0.512 e. The van der Waals surface area contributed by atoms with Crippen LogP contribution in [0.4, 0.5) is 0 Å². The summed E-state index contributed by atoms with van der Waals surface area (Å²) in [5.41, 5.74) is -0.218. The van der Waals surface area contributed by atoms with Crippen LogP contribution in [-0.2, 0) is 0 Å². The second-order valence-electron chi connectivity index (χ2n) is 5.81. The first-order chi connectivity index (χ1) is 9.48. The van der Waals surface area contributed by atoms with Crippen LogP contribution in [0.15, 0.2) is 72.2 Å². The van der Waals surface area contributed by atoms with Crippen molar-refractivity contribution in [2.24, 2.45) is 5.41 Å². The molecule has 20 heavy (non-hydrogen) atoms. The summed E-state index contributed by atoms with van der Waals surface area (Å²) in [5.74, 6) is 2.48. The predicted octanol–water partition coefficient (Wildman–Crippen LogP) is 4.56. The molecule has 2 heteroatoms. The summed E-state index contributed by atoms with van der Waals surface area (Å²) in [6.45, 7) is 6.09. The van der Waals surface area contributed by atoms with Gasteiger partial charge in [-0.2, -0.15) is 0 Å². The second-order valence-corrected chi connectivity index (χ2v) is 7.84. The van der Waals surface area contributed by atoms with Crippen molar-refractivity contribution in [3.05, 3.63) is 72.2 Å². The number of allylic oxidation sites excluding steroid dienone is 1. The summed E-state index contributed by atoms with van der Waals surface area (Å²) in [5, 5.41) is 12.9. The maximum Gasteiger partial charge on any atom is 0.0986 e. The van der Waals surface area contributed by atoms with E-state index < -0.39 is 7.92 Å². The fraction of sp³-hybridized carbons (Fsp3) is 0.222. The monoisotopic (exact) mass is 284 g/mol. The third-order valence-corrected chi connectivity index (χ3v) is 5.30. The fourth-order valence-electron chi connectivity index (χ4n) is 1.79. The Bertz CT molecular complexity index is 528. The van der Waals surface area contributed by atoms with Gasteiger partial charge in [-0.05, 0) is 24.3 Å². The zero-order valence-electron chi connectivity index (χ0n) is 12.2. The molecule has 104 valence electrons. The Morgan fingerprint density at radius 1 is 0.850 bits per heavy atom. The van der Waals surface area contributed by atoms with Gasteiger partial charge in [-0.25, -0.2) is 0 Å². The molecule has 0 amide bonds. The van der Waals surface area contributed by atoms with Gasteiger partial charge in [-0.15, -0.1) is 0 Å². The number of hydrogen-bond donors (Lipinski definition) is 1. The first kappa shape index (κ1) is 14.8. The van der Waals surface area contributed by atoms with Gasteiger partial charge in [0.15, 0.2) is 0 Å². The Morgan fingerprint density at radius 2 is 1.25 bits per heavy atom. The van der Waals surface area contributed by atoms with E-state index in [0.29, 0.717) is 5.76 Å². The van der Waals surface area contributed by atoms with E-state index in [4.69, 9.17) is 0 Å². The van der Waals surface area contributed by atoms with Gasteiger partial charge in [0.1, 0.15) is 0 Å². The fourth-order valence-corrected chi connectivity index (χ4v) is 4.01. The molecule has 1 nitrogen and oxygen atoms in total. The largest absolute Gasteiger partial charge is 0.512 e. The van der Waals surface area contributed by atoms with Gasteiger partial charge in [-0.3, -0.25) is 0 Å². The molecule has 0 unspecified atom stereocenters. The van der Waals surface area contributed by atoms with E-state index in [1.54, 1.807) is 0 Å². The zero-order chi connectivity index (χ0) is 14.6. The van der Waals surface area contributed by atoms with Crippen LogP contribution in [0.1, 0.15) is 20.8 Å². The van der Waals surface area contributed by atoms with Crippen molar-refractivity contribution in [3.8, 4) is 0 Å². The smallest absolute Gasteiger partial charge is 0.0986 e. The van der Waals surface area contributed by atoms with Crippen LogP contribution in [-0.4, -0.2) is 5.11 Å². The SMILES string of the molecule is CC(C)(C)C(O)=CP(c1ccccc1)c1ccccc1. The van der Waals surface area contributed by atoms with Crippen molar-refractivity contribution < 1.29 is 5.11 Å². The molecule has 0 aromatic heterocycles. The number of aliphatic hydroxyl groups excluding tert-OH is 1. The lowest BCUT2D eigenvalue weighted by Crippen LogP contribution is -2.13. The second kappa shape index (κ2) is 6.24. The summed E-state index contributed by atoms with van der Waals surface area (Å²) in [6, 6.07) is 20.8. The molecule has 2 aromatic rings. The van der Waals surface area contributed by atoms with Crippen LogP contribution in [0.2, 0.25) is 0 Å². The number of benzene rings is 2. The molecule has 1 N–H and O–H groups in total. The highest BCUT2D eigenvalue weighted by Crippen LogP contribution is 2.39. The number of hydrogen-bond acceptors (Lipinski definition) is 1. The quantitative estimate of drug-likeness (QED) is 0.647. The van der Waals surface area contributed by atoms with E-state index in [-0.39, 0.29) is 5.41 Å². The highest BCUT2D eigenvalue weighted by Gasteiger charge is 2.19. The van der Waals surface area contributed by atoms with Crippen molar-refractivity contribution in [1.82, 2.24) is 0 Å². The lowest BCUT2D eigenvalue weighted by Gasteiger charge is -2.21. The topological polar surface area (TPSA) is 20.2 Å². The molecule has 0 bridgehead atoms. The molecule has 0 fully saturated rings.